The van der Waals surface area contributed by atoms with Crippen LogP contribution in [0.5, 0.6) is 0 Å². The Hall–Kier alpha value is -1.62. The first-order chi connectivity index (χ1) is 8.19. The van der Waals surface area contributed by atoms with E-state index < -0.39 is 17.5 Å². The summed E-state index contributed by atoms with van der Waals surface area (Å²) in [5, 5.41) is 2.46. The van der Waals surface area contributed by atoms with Crippen molar-refractivity contribution in [3.05, 3.63) is 29.6 Å². The van der Waals surface area contributed by atoms with Crippen molar-refractivity contribution >= 4 is 11.8 Å². The Morgan fingerprint density at radius 1 is 1.44 bits per heavy atom. The molecule has 1 rings (SSSR count). The summed E-state index contributed by atoms with van der Waals surface area (Å²) in [5.41, 5.74) is 5.75. The lowest BCUT2D eigenvalue weighted by Crippen LogP contribution is -2.27. The highest BCUT2D eigenvalue weighted by Crippen LogP contribution is 2.19. The summed E-state index contributed by atoms with van der Waals surface area (Å²) in [6, 6.07) is 3.97. The van der Waals surface area contributed by atoms with Crippen molar-refractivity contribution in [2.75, 3.05) is 5.32 Å². The van der Waals surface area contributed by atoms with Crippen LogP contribution in [0.4, 0.5) is 14.9 Å². The first kappa shape index (κ1) is 14.4. The Morgan fingerprint density at radius 2 is 2.06 bits per heavy atom. The highest BCUT2D eigenvalue weighted by Gasteiger charge is 2.16. The van der Waals surface area contributed by atoms with Gasteiger partial charge in [0.1, 0.15) is 11.4 Å². The second-order valence-corrected chi connectivity index (χ2v) is 5.15. The third-order valence-electron chi connectivity index (χ3n) is 2.14. The molecule has 1 aromatic rings. The maximum Gasteiger partial charge on any atom is 0.412 e. The predicted octanol–water partition coefficient (Wildman–Crippen LogP) is 3.19. The zero-order valence-corrected chi connectivity index (χ0v) is 11.1. The Kier molecular flexibility index (Phi) is 4.29. The molecule has 1 unspecified atom stereocenters. The second kappa shape index (κ2) is 5.35. The number of nitrogens with one attached hydrogen (secondary N) is 1. The maximum atomic E-state index is 13.6. The molecule has 5 heteroatoms. The number of carbonyl (C=O) groups is 1. The quantitative estimate of drug-likeness (QED) is 0.851. The van der Waals surface area contributed by atoms with Crippen LogP contribution in [0.1, 0.15) is 39.3 Å². The van der Waals surface area contributed by atoms with E-state index in [0.29, 0.717) is 11.3 Å². The zero-order chi connectivity index (χ0) is 13.9. The number of rotatable bonds is 2. The fourth-order valence-electron chi connectivity index (χ4n) is 1.40. The molecule has 0 aliphatic heterocycles. The molecule has 0 aliphatic rings. The molecule has 0 heterocycles. The summed E-state index contributed by atoms with van der Waals surface area (Å²) in [7, 11) is 0. The Labute approximate surface area is 106 Å². The highest BCUT2D eigenvalue weighted by molar-refractivity contribution is 5.84. The van der Waals surface area contributed by atoms with Crippen molar-refractivity contribution in [1.29, 1.82) is 0 Å². The Bertz CT molecular complexity index is 439. The highest BCUT2D eigenvalue weighted by atomic mass is 19.1. The van der Waals surface area contributed by atoms with Gasteiger partial charge in [-0.2, -0.15) is 0 Å². The zero-order valence-electron chi connectivity index (χ0n) is 11.1. The summed E-state index contributed by atoms with van der Waals surface area (Å²) in [5.74, 6) is -0.446. The molecule has 0 fully saturated rings. The topological polar surface area (TPSA) is 64.3 Å². The summed E-state index contributed by atoms with van der Waals surface area (Å²) in [6.07, 6.45) is -0.615. The van der Waals surface area contributed by atoms with E-state index in [4.69, 9.17) is 10.5 Å². The largest absolute Gasteiger partial charge is 0.444 e. The van der Waals surface area contributed by atoms with Crippen LogP contribution >= 0.6 is 0 Å². The molecule has 0 radical (unpaired) electrons. The van der Waals surface area contributed by atoms with Gasteiger partial charge < -0.3 is 10.5 Å². The van der Waals surface area contributed by atoms with Gasteiger partial charge in [-0.15, -0.1) is 0 Å². The van der Waals surface area contributed by atoms with E-state index in [2.05, 4.69) is 5.32 Å². The first-order valence-corrected chi connectivity index (χ1v) is 5.74. The lowest BCUT2D eigenvalue weighted by atomic mass is 10.1. The average Bonchev–Trinajstić information content (AvgIpc) is 2.13. The molecule has 0 bridgehead atoms. The van der Waals surface area contributed by atoms with Crippen LogP contribution in [-0.4, -0.2) is 11.7 Å². The molecule has 18 heavy (non-hydrogen) atoms. The number of hydrogen-bond donors (Lipinski definition) is 2. The maximum absolute atomic E-state index is 13.6. The standard InChI is InChI=1S/C13H19FN2O2/c1-8(15)10-6-5-9(7-11(10)14)16-12(17)18-13(2,3)4/h5-8H,15H2,1-4H3,(H,16,17). The SMILES string of the molecule is CC(N)c1ccc(NC(=O)OC(C)(C)C)cc1F. The summed E-state index contributed by atoms with van der Waals surface area (Å²) in [4.78, 5) is 11.5. The molecule has 1 atom stereocenters. The Morgan fingerprint density at radius 3 is 2.50 bits per heavy atom. The predicted molar refractivity (Wildman–Crippen MR) is 68.9 cm³/mol. The molecule has 100 valence electrons. The number of carbonyl (C=O) groups excluding carboxylic acids is 1. The van der Waals surface area contributed by atoms with E-state index in [1.54, 1.807) is 39.8 Å². The van der Waals surface area contributed by atoms with Crippen LogP contribution < -0.4 is 11.1 Å². The molecule has 0 saturated heterocycles. The number of nitrogens with two attached hydrogens (primary N) is 1. The molecular formula is C13H19FN2O2. The Balaban J connectivity index is 2.75. The molecule has 0 spiro atoms. The molecule has 4 nitrogen and oxygen atoms in total. The third-order valence-corrected chi connectivity index (χ3v) is 2.14. The normalized spacial score (nSPS) is 13.0. The number of amides is 1. The van der Waals surface area contributed by atoms with E-state index in [1.165, 1.54) is 6.07 Å². The van der Waals surface area contributed by atoms with Gasteiger partial charge in [0.05, 0.1) is 0 Å². The minimum Gasteiger partial charge on any atom is -0.444 e. The van der Waals surface area contributed by atoms with Crippen LogP contribution in [0, 0.1) is 5.82 Å². The van der Waals surface area contributed by atoms with Crippen LogP contribution in [0.15, 0.2) is 18.2 Å². The van der Waals surface area contributed by atoms with E-state index in [-0.39, 0.29) is 6.04 Å². The van der Waals surface area contributed by atoms with Crippen LogP contribution in [0.25, 0.3) is 0 Å². The van der Waals surface area contributed by atoms with Crippen LogP contribution in [-0.2, 0) is 4.74 Å². The van der Waals surface area contributed by atoms with Gasteiger partial charge in [0.25, 0.3) is 0 Å². The molecule has 0 saturated carbocycles. The van der Waals surface area contributed by atoms with E-state index >= 15 is 0 Å². The van der Waals surface area contributed by atoms with E-state index in [0.717, 1.165) is 0 Å². The summed E-state index contributed by atoms with van der Waals surface area (Å²) in [6.45, 7) is 6.96. The first-order valence-electron chi connectivity index (χ1n) is 5.74. The lowest BCUT2D eigenvalue weighted by molar-refractivity contribution is 0.0636. The van der Waals surface area contributed by atoms with Gasteiger partial charge in [-0.1, -0.05) is 6.07 Å². The van der Waals surface area contributed by atoms with Gasteiger partial charge in [0, 0.05) is 17.3 Å². The van der Waals surface area contributed by atoms with Gasteiger partial charge in [-0.25, -0.2) is 9.18 Å². The average molecular weight is 254 g/mol. The van der Waals surface area contributed by atoms with E-state index in [1.807, 2.05) is 0 Å². The van der Waals surface area contributed by atoms with Gasteiger partial charge in [0.15, 0.2) is 0 Å². The number of hydrogen-bond acceptors (Lipinski definition) is 3. The third kappa shape index (κ3) is 4.33. The fraction of sp³-hybridized carbons (Fsp3) is 0.462. The van der Waals surface area contributed by atoms with Crippen molar-refractivity contribution in [2.45, 2.75) is 39.3 Å². The number of benzene rings is 1. The van der Waals surface area contributed by atoms with Gasteiger partial charge in [0.2, 0.25) is 0 Å². The smallest absolute Gasteiger partial charge is 0.412 e. The van der Waals surface area contributed by atoms with Crippen LogP contribution in [0.3, 0.4) is 0 Å². The minimum absolute atomic E-state index is 0.339. The minimum atomic E-state index is -0.615. The number of ether oxygens (including phenoxy) is 1. The molecule has 0 aromatic heterocycles. The number of halogens is 1. The fourth-order valence-corrected chi connectivity index (χ4v) is 1.40. The van der Waals surface area contributed by atoms with Crippen molar-refractivity contribution in [2.24, 2.45) is 5.73 Å². The molecule has 3 N–H and O–H groups in total. The summed E-state index contributed by atoms with van der Waals surface area (Å²) >= 11 is 0. The number of anilines is 1. The molecular weight excluding hydrogens is 235 g/mol. The van der Waals surface area contributed by atoms with Crippen molar-refractivity contribution in [3.63, 3.8) is 0 Å². The molecule has 1 aromatic carbocycles. The van der Waals surface area contributed by atoms with Gasteiger partial charge >= 0.3 is 6.09 Å². The monoisotopic (exact) mass is 254 g/mol. The van der Waals surface area contributed by atoms with Gasteiger partial charge in [-0.3, -0.25) is 5.32 Å². The van der Waals surface area contributed by atoms with Crippen molar-refractivity contribution in [3.8, 4) is 0 Å². The van der Waals surface area contributed by atoms with E-state index in [9.17, 15) is 9.18 Å². The molecule has 1 amide bonds. The molecule has 0 aliphatic carbocycles. The summed E-state index contributed by atoms with van der Waals surface area (Å²) < 4.78 is 18.7. The second-order valence-electron chi connectivity index (χ2n) is 5.15. The van der Waals surface area contributed by atoms with Crippen molar-refractivity contribution < 1.29 is 13.9 Å². The van der Waals surface area contributed by atoms with Crippen molar-refractivity contribution in [1.82, 2.24) is 0 Å². The lowest BCUT2D eigenvalue weighted by Gasteiger charge is -2.19. The van der Waals surface area contributed by atoms with Gasteiger partial charge in [-0.05, 0) is 39.8 Å². The van der Waals surface area contributed by atoms with Crippen LogP contribution in [0.2, 0.25) is 0 Å².